The zero-order valence-corrected chi connectivity index (χ0v) is 28.2. The van der Waals surface area contributed by atoms with Gasteiger partial charge in [0.1, 0.15) is 6.29 Å². The van der Waals surface area contributed by atoms with Crippen LogP contribution in [-0.4, -0.2) is 43.4 Å². The van der Waals surface area contributed by atoms with Gasteiger partial charge in [0.05, 0.1) is 6.61 Å². The van der Waals surface area contributed by atoms with E-state index in [0.717, 1.165) is 44.3 Å². The van der Waals surface area contributed by atoms with E-state index in [9.17, 15) is 9.59 Å². The van der Waals surface area contributed by atoms with Crippen LogP contribution in [0, 0.1) is 23.7 Å². The highest BCUT2D eigenvalue weighted by Gasteiger charge is 2.17. The molecule has 0 N–H and O–H groups in total. The number of carbonyl (C=O) groups excluding carboxylic acids is 2. The number of unbranched alkanes of at least 4 members (excludes halogenated alkanes) is 13. The number of hydrogen-bond acceptors (Lipinski definition) is 4. The SMILES string of the molecule is CC(C)CCC(COC(=O)CCCCCCCCCC(CCCCCCCCCC=O)CCN1CCCC1)C(C)C. The van der Waals surface area contributed by atoms with Crippen molar-refractivity contribution in [3.05, 3.63) is 0 Å². The Morgan fingerprint density at radius 3 is 1.76 bits per heavy atom. The Bertz CT molecular complexity index is 599. The van der Waals surface area contributed by atoms with Gasteiger partial charge in [-0.2, -0.15) is 0 Å². The van der Waals surface area contributed by atoms with Crippen LogP contribution in [0.3, 0.4) is 0 Å². The Kier molecular flexibility index (Phi) is 24.8. The highest BCUT2D eigenvalue weighted by atomic mass is 16.5. The Morgan fingerprint density at radius 2 is 1.22 bits per heavy atom. The van der Waals surface area contributed by atoms with Crippen molar-refractivity contribution in [1.29, 1.82) is 0 Å². The molecule has 41 heavy (non-hydrogen) atoms. The molecule has 1 aliphatic heterocycles. The van der Waals surface area contributed by atoms with Crippen LogP contribution in [0.1, 0.15) is 175 Å². The first kappa shape index (κ1) is 38.1. The molecule has 1 fully saturated rings. The van der Waals surface area contributed by atoms with Gasteiger partial charge in [0.2, 0.25) is 0 Å². The number of aldehydes is 1. The number of hydrogen-bond donors (Lipinski definition) is 0. The minimum absolute atomic E-state index is 0.00904. The van der Waals surface area contributed by atoms with Crippen LogP contribution >= 0.6 is 0 Å². The molecular weight excluding hydrogens is 506 g/mol. The first-order chi connectivity index (χ1) is 19.9. The lowest BCUT2D eigenvalue weighted by atomic mass is 9.89. The fraction of sp³-hybridized carbons (Fsp3) is 0.946. The molecule has 1 aliphatic rings. The second-order valence-corrected chi connectivity index (χ2v) is 14.1. The van der Waals surface area contributed by atoms with Gasteiger partial charge in [0, 0.05) is 12.8 Å². The molecule has 0 aromatic rings. The highest BCUT2D eigenvalue weighted by Crippen LogP contribution is 2.24. The average molecular weight is 578 g/mol. The summed E-state index contributed by atoms with van der Waals surface area (Å²) >= 11 is 0. The Labute approximate surface area is 256 Å². The number of likely N-dealkylation sites (tertiary alicyclic amines) is 1. The molecule has 0 spiro atoms. The topological polar surface area (TPSA) is 46.6 Å². The molecule has 4 nitrogen and oxygen atoms in total. The molecule has 0 amide bonds. The lowest BCUT2D eigenvalue weighted by Gasteiger charge is -2.21. The molecule has 1 saturated heterocycles. The average Bonchev–Trinajstić information content (AvgIpc) is 3.47. The smallest absolute Gasteiger partial charge is 0.305 e. The van der Waals surface area contributed by atoms with Gasteiger partial charge >= 0.3 is 5.97 Å². The lowest BCUT2D eigenvalue weighted by Crippen LogP contribution is -2.22. The minimum Gasteiger partial charge on any atom is -0.465 e. The summed E-state index contributed by atoms with van der Waals surface area (Å²) in [5, 5.41) is 0. The van der Waals surface area contributed by atoms with E-state index in [-0.39, 0.29) is 5.97 Å². The lowest BCUT2D eigenvalue weighted by molar-refractivity contribution is -0.145. The standard InChI is InChI=1S/C37H71NO3/c1-33(2)25-26-36(34(3)4)32-41-37(40)24-18-14-10-7-9-13-17-23-35(27-30-38-28-19-20-29-38)22-16-12-8-5-6-11-15-21-31-39/h31,33-36H,5-30,32H2,1-4H3. The maximum atomic E-state index is 12.2. The molecule has 4 heteroatoms. The fourth-order valence-corrected chi connectivity index (χ4v) is 6.36. The van der Waals surface area contributed by atoms with Crippen molar-refractivity contribution in [1.82, 2.24) is 4.90 Å². The summed E-state index contributed by atoms with van der Waals surface area (Å²) in [5.41, 5.74) is 0. The summed E-state index contributed by atoms with van der Waals surface area (Å²) < 4.78 is 5.64. The summed E-state index contributed by atoms with van der Waals surface area (Å²) in [4.78, 5) is 25.3. The van der Waals surface area contributed by atoms with Crippen molar-refractivity contribution in [3.63, 3.8) is 0 Å². The van der Waals surface area contributed by atoms with Crippen LogP contribution in [0.4, 0.5) is 0 Å². The summed E-state index contributed by atoms with van der Waals surface area (Å²) in [6.45, 7) is 13.6. The molecule has 1 heterocycles. The minimum atomic E-state index is 0.00904. The third kappa shape index (κ3) is 23.3. The zero-order valence-electron chi connectivity index (χ0n) is 28.2. The molecule has 1 rings (SSSR count). The van der Waals surface area contributed by atoms with E-state index in [1.54, 1.807) is 0 Å². The van der Waals surface area contributed by atoms with E-state index in [1.807, 2.05) is 0 Å². The van der Waals surface area contributed by atoms with Gasteiger partial charge in [-0.15, -0.1) is 0 Å². The second kappa shape index (κ2) is 26.7. The molecule has 0 saturated carbocycles. The van der Waals surface area contributed by atoms with Gasteiger partial charge in [0.25, 0.3) is 0 Å². The van der Waals surface area contributed by atoms with Crippen molar-refractivity contribution < 1.29 is 14.3 Å². The molecule has 2 unspecified atom stereocenters. The number of nitrogens with zero attached hydrogens (tertiary/aromatic N) is 1. The van der Waals surface area contributed by atoms with Crippen molar-refractivity contribution in [2.24, 2.45) is 23.7 Å². The van der Waals surface area contributed by atoms with Crippen molar-refractivity contribution >= 4 is 12.3 Å². The summed E-state index contributed by atoms with van der Waals surface area (Å²) in [6.07, 6.45) is 29.7. The van der Waals surface area contributed by atoms with Crippen molar-refractivity contribution in [3.8, 4) is 0 Å². The van der Waals surface area contributed by atoms with Crippen LogP contribution in [0.5, 0.6) is 0 Å². The van der Waals surface area contributed by atoms with Crippen LogP contribution in [0.25, 0.3) is 0 Å². The maximum absolute atomic E-state index is 12.2. The molecule has 0 radical (unpaired) electrons. The third-order valence-corrected chi connectivity index (χ3v) is 9.50. The van der Waals surface area contributed by atoms with Gasteiger partial charge in [-0.25, -0.2) is 0 Å². The second-order valence-electron chi connectivity index (χ2n) is 14.1. The summed E-state index contributed by atoms with van der Waals surface area (Å²) in [6, 6.07) is 0. The van der Waals surface area contributed by atoms with E-state index in [2.05, 4.69) is 32.6 Å². The van der Waals surface area contributed by atoms with Crippen LogP contribution < -0.4 is 0 Å². The van der Waals surface area contributed by atoms with E-state index in [1.165, 1.54) is 129 Å². The quantitative estimate of drug-likeness (QED) is 0.0504. The van der Waals surface area contributed by atoms with Crippen LogP contribution in [0.2, 0.25) is 0 Å². The van der Waals surface area contributed by atoms with Gasteiger partial charge < -0.3 is 14.4 Å². The number of carbonyl (C=O) groups is 2. The van der Waals surface area contributed by atoms with Crippen molar-refractivity contribution in [2.75, 3.05) is 26.2 Å². The Morgan fingerprint density at radius 1 is 0.683 bits per heavy atom. The first-order valence-electron chi connectivity index (χ1n) is 18.2. The van der Waals surface area contributed by atoms with Gasteiger partial charge in [0.15, 0.2) is 0 Å². The molecule has 0 aliphatic carbocycles. The largest absolute Gasteiger partial charge is 0.465 e. The third-order valence-electron chi connectivity index (χ3n) is 9.50. The molecule has 0 bridgehead atoms. The summed E-state index contributed by atoms with van der Waals surface area (Å²) in [5.74, 6) is 2.70. The van der Waals surface area contributed by atoms with E-state index in [0.29, 0.717) is 30.8 Å². The van der Waals surface area contributed by atoms with Crippen molar-refractivity contribution in [2.45, 2.75) is 175 Å². The van der Waals surface area contributed by atoms with E-state index in [4.69, 9.17) is 4.74 Å². The van der Waals surface area contributed by atoms with Gasteiger partial charge in [-0.05, 0) is 81.8 Å². The molecular formula is C37H71NO3. The van der Waals surface area contributed by atoms with E-state index >= 15 is 0 Å². The predicted octanol–water partition coefficient (Wildman–Crippen LogP) is 10.6. The molecule has 242 valence electrons. The highest BCUT2D eigenvalue weighted by molar-refractivity contribution is 5.69. The Balaban J connectivity index is 2.09. The number of ether oxygens (including phenoxy) is 1. The molecule has 0 aromatic heterocycles. The van der Waals surface area contributed by atoms with Crippen LogP contribution in [-0.2, 0) is 14.3 Å². The Hall–Kier alpha value is -0.900. The van der Waals surface area contributed by atoms with Gasteiger partial charge in [-0.1, -0.05) is 124 Å². The summed E-state index contributed by atoms with van der Waals surface area (Å²) in [7, 11) is 0. The van der Waals surface area contributed by atoms with Gasteiger partial charge in [-0.3, -0.25) is 4.79 Å². The fourth-order valence-electron chi connectivity index (χ4n) is 6.36. The zero-order chi connectivity index (χ0) is 30.0. The monoisotopic (exact) mass is 578 g/mol. The maximum Gasteiger partial charge on any atom is 0.305 e. The number of esters is 1. The first-order valence-corrected chi connectivity index (χ1v) is 18.2. The normalized spacial score (nSPS) is 15.6. The predicted molar refractivity (Wildman–Crippen MR) is 176 cm³/mol. The molecule has 2 atom stereocenters. The van der Waals surface area contributed by atoms with Crippen LogP contribution in [0.15, 0.2) is 0 Å². The number of rotatable bonds is 29. The van der Waals surface area contributed by atoms with E-state index < -0.39 is 0 Å². The molecule has 0 aromatic carbocycles.